The average Bonchev–Trinajstić information content (AvgIpc) is 3.29. The number of fused-ring (bicyclic) bond motifs is 1. The van der Waals surface area contributed by atoms with Crippen LogP contribution in [0.4, 0.5) is 0 Å². The van der Waals surface area contributed by atoms with E-state index in [-0.39, 0.29) is 18.9 Å². The van der Waals surface area contributed by atoms with Crippen molar-refractivity contribution >= 4 is 28.8 Å². The van der Waals surface area contributed by atoms with Crippen LogP contribution in [0.1, 0.15) is 56.0 Å². The molecular formula is C28H32N4O4S. The van der Waals surface area contributed by atoms with Crippen LogP contribution >= 0.6 is 11.8 Å². The number of hydrogen-bond donors (Lipinski definition) is 1. The second-order valence-corrected chi connectivity index (χ2v) is 9.95. The standard InChI is InChI=1S/C28H32N4O4S/c1-18(2)20-8-10-21(11-9-20)26-25(27(34)36-14-13-35-4)19(3)31-28-32(26)23(17-37-28)15-24(33)30-16-22-7-5-6-12-29-22/h5-12,17-18,26H,13-16H2,1-4H3,(H,30,33)/t26-/m1/s1. The first-order valence-corrected chi connectivity index (χ1v) is 13.1. The molecule has 0 spiro atoms. The van der Waals surface area contributed by atoms with Crippen molar-refractivity contribution in [2.45, 2.75) is 45.7 Å². The predicted octanol–water partition coefficient (Wildman–Crippen LogP) is 4.68. The van der Waals surface area contributed by atoms with Gasteiger partial charge in [-0.2, -0.15) is 0 Å². The minimum atomic E-state index is -0.464. The molecule has 0 saturated heterocycles. The summed E-state index contributed by atoms with van der Waals surface area (Å²) in [6.45, 7) is 6.91. The fourth-order valence-electron chi connectivity index (χ4n) is 4.22. The van der Waals surface area contributed by atoms with Crippen LogP contribution in [-0.4, -0.2) is 47.3 Å². The second kappa shape index (κ2) is 12.2. The fraction of sp³-hybridized carbons (Fsp3) is 0.357. The van der Waals surface area contributed by atoms with E-state index < -0.39 is 12.0 Å². The Kier molecular flexibility index (Phi) is 8.78. The van der Waals surface area contributed by atoms with Crippen molar-refractivity contribution in [3.8, 4) is 0 Å². The van der Waals surface area contributed by atoms with Crippen LogP contribution in [0.2, 0.25) is 0 Å². The molecule has 0 saturated carbocycles. The third-order valence-electron chi connectivity index (χ3n) is 6.19. The zero-order chi connectivity index (χ0) is 26.4. The molecule has 9 heteroatoms. The Balaban J connectivity index is 1.61. The Labute approximate surface area is 221 Å². The van der Waals surface area contributed by atoms with E-state index in [0.29, 0.717) is 30.3 Å². The van der Waals surface area contributed by atoms with Crippen molar-refractivity contribution in [1.82, 2.24) is 15.2 Å². The second-order valence-electron chi connectivity index (χ2n) is 9.12. The molecule has 1 N–H and O–H groups in total. The summed E-state index contributed by atoms with van der Waals surface area (Å²) in [4.78, 5) is 37.1. The lowest BCUT2D eigenvalue weighted by molar-refractivity contribution is -0.141. The fourth-order valence-corrected chi connectivity index (χ4v) is 5.19. The number of methoxy groups -OCH3 is 1. The molecule has 4 rings (SSSR count). The third kappa shape index (κ3) is 6.29. The topological polar surface area (TPSA) is 93.1 Å². The van der Waals surface area contributed by atoms with Crippen molar-refractivity contribution in [3.05, 3.63) is 87.9 Å². The van der Waals surface area contributed by atoms with E-state index in [1.165, 1.54) is 17.3 Å². The highest BCUT2D eigenvalue weighted by Crippen LogP contribution is 2.45. The average molecular weight is 521 g/mol. The summed E-state index contributed by atoms with van der Waals surface area (Å²) in [5.74, 6) is -0.191. The largest absolute Gasteiger partial charge is 0.460 e. The van der Waals surface area contributed by atoms with Crippen molar-refractivity contribution in [1.29, 1.82) is 0 Å². The van der Waals surface area contributed by atoms with Crippen LogP contribution in [0.25, 0.3) is 0 Å². The number of amidine groups is 1. The van der Waals surface area contributed by atoms with Crippen LogP contribution < -0.4 is 5.32 Å². The van der Waals surface area contributed by atoms with Crippen molar-refractivity contribution < 1.29 is 19.1 Å². The van der Waals surface area contributed by atoms with E-state index in [0.717, 1.165) is 22.1 Å². The molecule has 1 aromatic carbocycles. The SMILES string of the molecule is COCCOC(=O)C1=C(C)N=C2SC=C(CC(=O)NCc3ccccn3)N2[C@@H]1c1ccc(C(C)C)cc1. The van der Waals surface area contributed by atoms with Gasteiger partial charge < -0.3 is 19.7 Å². The highest BCUT2D eigenvalue weighted by molar-refractivity contribution is 8.16. The van der Waals surface area contributed by atoms with Crippen LogP contribution in [0, 0.1) is 0 Å². The van der Waals surface area contributed by atoms with Gasteiger partial charge in [-0.25, -0.2) is 9.79 Å². The minimum absolute atomic E-state index is 0.136. The van der Waals surface area contributed by atoms with E-state index in [4.69, 9.17) is 14.5 Å². The van der Waals surface area contributed by atoms with Gasteiger partial charge in [0.1, 0.15) is 6.61 Å². The number of aliphatic imine (C=N–C) groups is 1. The smallest absolute Gasteiger partial charge is 0.338 e. The summed E-state index contributed by atoms with van der Waals surface area (Å²) in [6, 6.07) is 13.4. The quantitative estimate of drug-likeness (QED) is 0.359. The lowest BCUT2D eigenvalue weighted by Crippen LogP contribution is -2.38. The first-order valence-electron chi connectivity index (χ1n) is 12.3. The molecule has 1 atom stereocenters. The van der Waals surface area contributed by atoms with Crippen LogP contribution in [0.5, 0.6) is 0 Å². The zero-order valence-electron chi connectivity index (χ0n) is 21.6. The molecule has 0 fully saturated rings. The zero-order valence-corrected chi connectivity index (χ0v) is 22.4. The monoisotopic (exact) mass is 520 g/mol. The van der Waals surface area contributed by atoms with Crippen molar-refractivity contribution in [2.75, 3.05) is 20.3 Å². The number of rotatable bonds is 10. The first-order chi connectivity index (χ1) is 17.9. The van der Waals surface area contributed by atoms with Gasteiger partial charge in [-0.3, -0.25) is 9.78 Å². The van der Waals surface area contributed by atoms with E-state index in [1.807, 2.05) is 47.6 Å². The first kappa shape index (κ1) is 26.6. The maximum Gasteiger partial charge on any atom is 0.338 e. The number of pyridine rings is 1. The highest BCUT2D eigenvalue weighted by atomic mass is 32.2. The molecule has 2 aromatic rings. The summed E-state index contributed by atoms with van der Waals surface area (Å²) >= 11 is 1.45. The van der Waals surface area contributed by atoms with Crippen LogP contribution in [0.3, 0.4) is 0 Å². The number of aromatic nitrogens is 1. The number of ether oxygens (including phenoxy) is 2. The molecule has 37 heavy (non-hydrogen) atoms. The third-order valence-corrected chi connectivity index (χ3v) is 7.08. The van der Waals surface area contributed by atoms with Gasteiger partial charge >= 0.3 is 5.97 Å². The molecule has 2 aliphatic rings. The maximum atomic E-state index is 13.3. The van der Waals surface area contributed by atoms with Gasteiger partial charge in [-0.1, -0.05) is 55.9 Å². The van der Waals surface area contributed by atoms with E-state index >= 15 is 0 Å². The molecule has 0 radical (unpaired) electrons. The number of nitrogens with zero attached hydrogens (tertiary/aromatic N) is 3. The molecule has 1 amide bonds. The van der Waals surface area contributed by atoms with Crippen molar-refractivity contribution in [3.63, 3.8) is 0 Å². The van der Waals surface area contributed by atoms with Gasteiger partial charge in [0.25, 0.3) is 0 Å². The number of thioether (sulfide) groups is 1. The molecule has 2 aliphatic heterocycles. The molecule has 8 nitrogen and oxygen atoms in total. The summed E-state index contributed by atoms with van der Waals surface area (Å²) in [5, 5.41) is 5.60. The normalized spacial score (nSPS) is 16.9. The molecule has 194 valence electrons. The van der Waals surface area contributed by atoms with E-state index in [1.54, 1.807) is 13.3 Å². The minimum Gasteiger partial charge on any atom is -0.460 e. The van der Waals surface area contributed by atoms with E-state index in [9.17, 15) is 9.59 Å². The van der Waals surface area contributed by atoms with Gasteiger partial charge in [0.05, 0.1) is 42.6 Å². The number of carbonyl (C=O) groups excluding carboxylic acids is 2. The van der Waals surface area contributed by atoms with Crippen LogP contribution in [0.15, 0.2) is 76.0 Å². The Morgan fingerprint density at radius 1 is 1.14 bits per heavy atom. The molecule has 0 aliphatic carbocycles. The molecule has 3 heterocycles. The van der Waals surface area contributed by atoms with Gasteiger partial charge in [-0.15, -0.1) is 0 Å². The van der Waals surface area contributed by atoms with Crippen molar-refractivity contribution in [2.24, 2.45) is 4.99 Å². The van der Waals surface area contributed by atoms with Gasteiger partial charge in [-0.05, 0) is 41.5 Å². The Hall–Kier alpha value is -3.43. The van der Waals surface area contributed by atoms with Gasteiger partial charge in [0, 0.05) is 19.0 Å². The van der Waals surface area contributed by atoms with Gasteiger partial charge in [0.15, 0.2) is 5.17 Å². The number of nitrogens with one attached hydrogen (secondary N) is 1. The highest BCUT2D eigenvalue weighted by Gasteiger charge is 2.41. The predicted molar refractivity (Wildman–Crippen MR) is 144 cm³/mol. The number of amides is 1. The summed E-state index contributed by atoms with van der Waals surface area (Å²) < 4.78 is 10.6. The summed E-state index contributed by atoms with van der Waals surface area (Å²) in [6.07, 6.45) is 1.84. The van der Waals surface area contributed by atoms with Gasteiger partial charge in [0.2, 0.25) is 5.91 Å². The number of esters is 1. The Morgan fingerprint density at radius 3 is 2.59 bits per heavy atom. The maximum absolute atomic E-state index is 13.3. The number of hydrogen-bond acceptors (Lipinski definition) is 8. The molecule has 1 aromatic heterocycles. The molecular weight excluding hydrogens is 488 g/mol. The lowest BCUT2D eigenvalue weighted by Gasteiger charge is -2.36. The summed E-state index contributed by atoms with van der Waals surface area (Å²) in [7, 11) is 1.56. The number of carbonyl (C=O) groups is 2. The van der Waals surface area contributed by atoms with Crippen LogP contribution in [-0.2, 0) is 25.6 Å². The number of allylic oxidation sites excluding steroid dienone is 1. The lowest BCUT2D eigenvalue weighted by atomic mass is 9.92. The molecule has 0 unspecified atom stereocenters. The van der Waals surface area contributed by atoms with E-state index in [2.05, 4.69) is 36.3 Å². The Bertz CT molecular complexity index is 1220. The molecule has 0 bridgehead atoms. The summed E-state index contributed by atoms with van der Waals surface area (Å²) in [5.41, 5.74) is 4.76. The number of benzene rings is 1. The Morgan fingerprint density at radius 2 is 1.92 bits per heavy atom.